The summed E-state index contributed by atoms with van der Waals surface area (Å²) >= 11 is 0. The Morgan fingerprint density at radius 2 is 1.89 bits per heavy atom. The molecule has 1 aromatic carbocycles. The summed E-state index contributed by atoms with van der Waals surface area (Å²) in [6, 6.07) is 7.91. The van der Waals surface area contributed by atoms with Crippen LogP contribution in [0.2, 0.25) is 0 Å². The molecule has 3 heterocycles. The van der Waals surface area contributed by atoms with Gasteiger partial charge in [0.25, 0.3) is 0 Å². The average molecular weight is 481 g/mol. The SMILES string of the molecule is CN(C)C(=O)C1(C)COC(c2nc(-c3ccc(F)cc3)c(-c3ccnc(NCC4CC4)n3)[nH]2)OC1. The maximum Gasteiger partial charge on any atom is 0.232 e. The molecule has 3 aromatic rings. The molecule has 0 bridgehead atoms. The maximum atomic E-state index is 13.6. The number of aromatic nitrogens is 4. The molecule has 1 amide bonds. The molecule has 1 aliphatic heterocycles. The molecule has 0 atom stereocenters. The van der Waals surface area contributed by atoms with Crippen molar-refractivity contribution < 1.29 is 18.7 Å². The van der Waals surface area contributed by atoms with Crippen molar-refractivity contribution in [3.05, 3.63) is 48.2 Å². The molecule has 2 aliphatic rings. The zero-order valence-corrected chi connectivity index (χ0v) is 20.0. The van der Waals surface area contributed by atoms with Crippen molar-refractivity contribution in [1.82, 2.24) is 24.8 Å². The van der Waals surface area contributed by atoms with Crippen LogP contribution >= 0.6 is 0 Å². The molecule has 0 unspecified atom stereocenters. The second kappa shape index (κ2) is 9.35. The van der Waals surface area contributed by atoms with Gasteiger partial charge < -0.3 is 24.7 Å². The van der Waals surface area contributed by atoms with E-state index in [1.54, 1.807) is 38.5 Å². The number of carbonyl (C=O) groups excluding carboxylic acids is 1. The van der Waals surface area contributed by atoms with E-state index in [-0.39, 0.29) is 24.9 Å². The van der Waals surface area contributed by atoms with Crippen LogP contribution in [0.15, 0.2) is 36.5 Å². The second-order valence-corrected chi connectivity index (χ2v) is 9.66. The minimum atomic E-state index is -0.778. The summed E-state index contributed by atoms with van der Waals surface area (Å²) in [6.45, 7) is 3.05. The Morgan fingerprint density at radius 3 is 2.54 bits per heavy atom. The van der Waals surface area contributed by atoms with E-state index < -0.39 is 11.7 Å². The van der Waals surface area contributed by atoms with Crippen molar-refractivity contribution in [3.63, 3.8) is 0 Å². The third-order valence-corrected chi connectivity index (χ3v) is 6.25. The van der Waals surface area contributed by atoms with Crippen LogP contribution in [0.3, 0.4) is 0 Å². The highest BCUT2D eigenvalue weighted by Crippen LogP contribution is 2.36. The van der Waals surface area contributed by atoms with E-state index >= 15 is 0 Å². The molecule has 2 fully saturated rings. The molecule has 10 heteroatoms. The summed E-state index contributed by atoms with van der Waals surface area (Å²) in [5.41, 5.74) is 1.83. The van der Waals surface area contributed by atoms with Gasteiger partial charge >= 0.3 is 0 Å². The van der Waals surface area contributed by atoms with E-state index in [2.05, 4.69) is 20.3 Å². The summed E-state index contributed by atoms with van der Waals surface area (Å²) in [5.74, 6) is 1.28. The number of H-pyrrole nitrogens is 1. The Hall–Kier alpha value is -3.37. The van der Waals surface area contributed by atoms with Crippen LogP contribution in [0.5, 0.6) is 0 Å². The van der Waals surface area contributed by atoms with Gasteiger partial charge in [-0.05, 0) is 56.0 Å². The molecule has 184 valence electrons. The quantitative estimate of drug-likeness (QED) is 0.532. The molecular formula is C25H29FN6O3. The Labute approximate surface area is 203 Å². The summed E-state index contributed by atoms with van der Waals surface area (Å²) in [4.78, 5) is 31.1. The zero-order chi connectivity index (χ0) is 24.6. The molecule has 2 aromatic heterocycles. The van der Waals surface area contributed by atoms with Crippen LogP contribution < -0.4 is 5.32 Å². The third kappa shape index (κ3) is 5.03. The Balaban J connectivity index is 1.44. The van der Waals surface area contributed by atoms with Crippen LogP contribution in [0.1, 0.15) is 31.9 Å². The van der Waals surface area contributed by atoms with Gasteiger partial charge in [0, 0.05) is 32.4 Å². The van der Waals surface area contributed by atoms with Gasteiger partial charge in [0.1, 0.15) is 5.82 Å². The molecule has 2 N–H and O–H groups in total. The van der Waals surface area contributed by atoms with E-state index in [9.17, 15) is 9.18 Å². The lowest BCUT2D eigenvalue weighted by atomic mass is 9.90. The van der Waals surface area contributed by atoms with E-state index in [1.165, 1.54) is 29.9 Å². The van der Waals surface area contributed by atoms with Crippen LogP contribution in [-0.2, 0) is 14.3 Å². The molecule has 9 nitrogen and oxygen atoms in total. The minimum absolute atomic E-state index is 0.0599. The molecule has 35 heavy (non-hydrogen) atoms. The van der Waals surface area contributed by atoms with Crippen molar-refractivity contribution >= 4 is 11.9 Å². The van der Waals surface area contributed by atoms with Crippen molar-refractivity contribution in [3.8, 4) is 22.6 Å². The lowest BCUT2D eigenvalue weighted by Crippen LogP contribution is -2.48. The number of halogens is 1. The first kappa shape index (κ1) is 23.4. The minimum Gasteiger partial charge on any atom is -0.354 e. The summed E-state index contributed by atoms with van der Waals surface area (Å²) < 4.78 is 25.5. The number of nitrogens with one attached hydrogen (secondary N) is 2. The molecule has 0 spiro atoms. The van der Waals surface area contributed by atoms with Gasteiger partial charge in [-0.2, -0.15) is 0 Å². The van der Waals surface area contributed by atoms with Crippen LogP contribution in [0.25, 0.3) is 22.6 Å². The molecular weight excluding hydrogens is 451 g/mol. The molecule has 0 radical (unpaired) electrons. The summed E-state index contributed by atoms with van der Waals surface area (Å²) in [5, 5.41) is 3.29. The normalized spacial score (nSPS) is 22.1. The van der Waals surface area contributed by atoms with Crippen molar-refractivity contribution in [1.29, 1.82) is 0 Å². The van der Waals surface area contributed by atoms with E-state index in [1.807, 2.05) is 6.92 Å². The zero-order valence-electron chi connectivity index (χ0n) is 20.0. The predicted molar refractivity (Wildman–Crippen MR) is 128 cm³/mol. The van der Waals surface area contributed by atoms with E-state index in [0.717, 1.165) is 12.1 Å². The first-order valence-electron chi connectivity index (χ1n) is 11.7. The fourth-order valence-corrected chi connectivity index (χ4v) is 4.08. The molecule has 1 aliphatic carbocycles. The monoisotopic (exact) mass is 480 g/mol. The van der Waals surface area contributed by atoms with Gasteiger partial charge in [-0.25, -0.2) is 19.3 Å². The lowest BCUT2D eigenvalue weighted by Gasteiger charge is -2.36. The number of ether oxygens (including phenoxy) is 2. The highest BCUT2D eigenvalue weighted by molar-refractivity contribution is 5.82. The number of amides is 1. The Morgan fingerprint density at radius 1 is 1.17 bits per heavy atom. The smallest absolute Gasteiger partial charge is 0.232 e. The van der Waals surface area contributed by atoms with Gasteiger partial charge in [-0.3, -0.25) is 4.79 Å². The fraction of sp³-hybridized carbons (Fsp3) is 0.440. The van der Waals surface area contributed by atoms with Crippen LogP contribution in [-0.4, -0.2) is 64.6 Å². The Kier molecular flexibility index (Phi) is 6.24. The lowest BCUT2D eigenvalue weighted by molar-refractivity contribution is -0.233. The topological polar surface area (TPSA) is 105 Å². The first-order chi connectivity index (χ1) is 16.8. The highest BCUT2D eigenvalue weighted by atomic mass is 19.1. The number of anilines is 1. The number of nitrogens with zero attached hydrogens (tertiary/aromatic N) is 4. The van der Waals surface area contributed by atoms with Gasteiger partial charge in [0.05, 0.1) is 35.7 Å². The predicted octanol–water partition coefficient (Wildman–Crippen LogP) is 3.63. The molecule has 1 saturated heterocycles. The van der Waals surface area contributed by atoms with Crippen LogP contribution in [0.4, 0.5) is 10.3 Å². The number of rotatable bonds is 7. The van der Waals surface area contributed by atoms with Gasteiger partial charge in [0.2, 0.25) is 18.1 Å². The number of imidazole rings is 1. The fourth-order valence-electron chi connectivity index (χ4n) is 4.08. The number of benzene rings is 1. The van der Waals surface area contributed by atoms with Crippen LogP contribution in [0, 0.1) is 17.2 Å². The largest absolute Gasteiger partial charge is 0.354 e. The standard InChI is InChI=1S/C25H29FN6O3/c1-25(23(33)32(2)3)13-34-22(35-14-25)21-30-19(16-6-8-17(26)9-7-16)20(31-21)18-10-11-27-24(29-18)28-12-15-4-5-15/h6-11,15,22H,4-5,12-14H2,1-3H3,(H,30,31)(H,27,28,29). The number of hydrogen-bond donors (Lipinski definition) is 2. The van der Waals surface area contributed by atoms with Gasteiger partial charge in [-0.15, -0.1) is 0 Å². The number of carbonyl (C=O) groups is 1. The number of hydrogen-bond acceptors (Lipinski definition) is 7. The first-order valence-corrected chi connectivity index (χ1v) is 11.7. The maximum absolute atomic E-state index is 13.6. The average Bonchev–Trinajstić information content (AvgIpc) is 3.59. The van der Waals surface area contributed by atoms with E-state index in [4.69, 9.17) is 14.5 Å². The van der Waals surface area contributed by atoms with Crippen molar-refractivity contribution in [2.45, 2.75) is 26.1 Å². The second-order valence-electron chi connectivity index (χ2n) is 9.66. The van der Waals surface area contributed by atoms with Gasteiger partial charge in [-0.1, -0.05) is 0 Å². The number of aromatic amines is 1. The van der Waals surface area contributed by atoms with E-state index in [0.29, 0.717) is 34.8 Å². The summed E-state index contributed by atoms with van der Waals surface area (Å²) in [6.07, 6.45) is 3.37. The Bertz CT molecular complexity index is 1200. The third-order valence-electron chi connectivity index (χ3n) is 6.25. The highest BCUT2D eigenvalue weighted by Gasteiger charge is 2.41. The summed E-state index contributed by atoms with van der Waals surface area (Å²) in [7, 11) is 3.42. The van der Waals surface area contributed by atoms with Crippen molar-refractivity contribution in [2.75, 3.05) is 39.2 Å². The van der Waals surface area contributed by atoms with Crippen molar-refractivity contribution in [2.24, 2.45) is 11.3 Å². The molecule has 5 rings (SSSR count). The van der Waals surface area contributed by atoms with Gasteiger partial charge in [0.15, 0.2) is 5.82 Å². The molecule has 1 saturated carbocycles.